The molecule has 0 atom stereocenters. The molecule has 1 saturated carbocycles. The molecule has 2 aromatic carbocycles. The van der Waals surface area contributed by atoms with Crippen molar-refractivity contribution >= 4 is 5.69 Å². The first-order valence-electron chi connectivity index (χ1n) is 7.86. The van der Waals surface area contributed by atoms with E-state index in [1.807, 2.05) is 12.1 Å². The molecule has 0 radical (unpaired) electrons. The van der Waals surface area contributed by atoms with Gasteiger partial charge >= 0.3 is 0 Å². The Morgan fingerprint density at radius 2 is 1.90 bits per heavy atom. The number of hydrogen-bond donors (Lipinski definition) is 1. The van der Waals surface area contributed by atoms with Gasteiger partial charge in [0.15, 0.2) is 0 Å². The molecule has 0 spiro atoms. The van der Waals surface area contributed by atoms with E-state index in [2.05, 4.69) is 36.5 Å². The molecule has 1 N–H and O–H groups in total. The zero-order valence-corrected chi connectivity index (χ0v) is 12.5. The third-order valence-electron chi connectivity index (χ3n) is 4.35. The average molecular weight is 283 g/mol. The van der Waals surface area contributed by atoms with Gasteiger partial charge in [0, 0.05) is 11.7 Å². The standard InChI is InChI=1S/C19H22FN/c1-2-6-14-7-3-4-10-19(14)21-18-12-16(13-18)15-8-5-9-17(20)11-15/h3-5,7-11,16,18,21H,2,6,12-13H2,1H3. The number of para-hydroxylation sites is 1. The largest absolute Gasteiger partial charge is 0.382 e. The normalized spacial score (nSPS) is 20.9. The van der Waals surface area contributed by atoms with E-state index >= 15 is 0 Å². The first-order chi connectivity index (χ1) is 10.3. The van der Waals surface area contributed by atoms with E-state index in [-0.39, 0.29) is 5.82 Å². The summed E-state index contributed by atoms with van der Waals surface area (Å²) in [5, 5.41) is 3.65. The van der Waals surface area contributed by atoms with Crippen LogP contribution in [-0.2, 0) is 6.42 Å². The lowest BCUT2D eigenvalue weighted by Crippen LogP contribution is -2.34. The summed E-state index contributed by atoms with van der Waals surface area (Å²) < 4.78 is 13.3. The summed E-state index contributed by atoms with van der Waals surface area (Å²) >= 11 is 0. The first kappa shape index (κ1) is 14.1. The molecule has 0 aliphatic heterocycles. The van der Waals surface area contributed by atoms with E-state index < -0.39 is 0 Å². The van der Waals surface area contributed by atoms with Crippen molar-refractivity contribution in [1.29, 1.82) is 0 Å². The van der Waals surface area contributed by atoms with Crippen LogP contribution in [0.15, 0.2) is 48.5 Å². The minimum absolute atomic E-state index is 0.128. The molecular weight excluding hydrogens is 261 g/mol. The van der Waals surface area contributed by atoms with Gasteiger partial charge in [0.2, 0.25) is 0 Å². The van der Waals surface area contributed by atoms with E-state index in [0.29, 0.717) is 12.0 Å². The SMILES string of the molecule is CCCc1ccccc1NC1CC(c2cccc(F)c2)C1. The van der Waals surface area contributed by atoms with Crippen LogP contribution >= 0.6 is 0 Å². The van der Waals surface area contributed by atoms with Crippen molar-refractivity contribution in [3.63, 3.8) is 0 Å². The fraction of sp³-hybridized carbons (Fsp3) is 0.368. The Morgan fingerprint density at radius 3 is 2.67 bits per heavy atom. The highest BCUT2D eigenvalue weighted by molar-refractivity contribution is 5.52. The van der Waals surface area contributed by atoms with Crippen molar-refractivity contribution in [3.05, 3.63) is 65.5 Å². The van der Waals surface area contributed by atoms with Crippen LogP contribution in [-0.4, -0.2) is 6.04 Å². The van der Waals surface area contributed by atoms with Crippen LogP contribution in [0.2, 0.25) is 0 Å². The lowest BCUT2D eigenvalue weighted by molar-refractivity contribution is 0.373. The Balaban J connectivity index is 1.60. The highest BCUT2D eigenvalue weighted by atomic mass is 19.1. The van der Waals surface area contributed by atoms with Gasteiger partial charge in [-0.15, -0.1) is 0 Å². The highest BCUT2D eigenvalue weighted by Gasteiger charge is 2.30. The maximum absolute atomic E-state index is 13.3. The molecule has 0 bridgehead atoms. The Hall–Kier alpha value is -1.83. The smallest absolute Gasteiger partial charge is 0.123 e. The summed E-state index contributed by atoms with van der Waals surface area (Å²) in [4.78, 5) is 0. The average Bonchev–Trinajstić information content (AvgIpc) is 2.44. The molecule has 2 heteroatoms. The maximum Gasteiger partial charge on any atom is 0.123 e. The lowest BCUT2D eigenvalue weighted by atomic mass is 9.75. The molecule has 110 valence electrons. The quantitative estimate of drug-likeness (QED) is 0.801. The Kier molecular flexibility index (Phi) is 4.23. The Labute approximate surface area is 126 Å². The van der Waals surface area contributed by atoms with Crippen LogP contribution in [0.1, 0.15) is 43.2 Å². The van der Waals surface area contributed by atoms with Crippen LogP contribution < -0.4 is 5.32 Å². The summed E-state index contributed by atoms with van der Waals surface area (Å²) in [6.07, 6.45) is 4.45. The molecule has 0 saturated heterocycles. The first-order valence-corrected chi connectivity index (χ1v) is 7.86. The number of hydrogen-bond acceptors (Lipinski definition) is 1. The molecule has 0 unspecified atom stereocenters. The van der Waals surface area contributed by atoms with Crippen molar-refractivity contribution in [3.8, 4) is 0 Å². The van der Waals surface area contributed by atoms with Gasteiger partial charge in [-0.2, -0.15) is 0 Å². The fourth-order valence-corrected chi connectivity index (χ4v) is 3.14. The summed E-state index contributed by atoms with van der Waals surface area (Å²) in [5.41, 5.74) is 3.80. The molecule has 0 amide bonds. The van der Waals surface area contributed by atoms with Gasteiger partial charge in [-0.1, -0.05) is 43.7 Å². The highest BCUT2D eigenvalue weighted by Crippen LogP contribution is 2.39. The van der Waals surface area contributed by atoms with E-state index in [1.54, 1.807) is 6.07 Å². The fourth-order valence-electron chi connectivity index (χ4n) is 3.14. The molecule has 3 rings (SSSR count). The van der Waals surface area contributed by atoms with Crippen LogP contribution in [0.3, 0.4) is 0 Å². The predicted molar refractivity (Wildman–Crippen MR) is 86.2 cm³/mol. The van der Waals surface area contributed by atoms with Crippen molar-refractivity contribution in [2.45, 2.75) is 44.6 Å². The van der Waals surface area contributed by atoms with Crippen molar-refractivity contribution < 1.29 is 4.39 Å². The topological polar surface area (TPSA) is 12.0 Å². The summed E-state index contributed by atoms with van der Waals surface area (Å²) in [7, 11) is 0. The van der Waals surface area contributed by atoms with Crippen LogP contribution in [0.25, 0.3) is 0 Å². The zero-order valence-electron chi connectivity index (χ0n) is 12.5. The molecule has 21 heavy (non-hydrogen) atoms. The van der Waals surface area contributed by atoms with Crippen molar-refractivity contribution in [1.82, 2.24) is 0 Å². The minimum atomic E-state index is -0.128. The van der Waals surface area contributed by atoms with Crippen molar-refractivity contribution in [2.75, 3.05) is 5.32 Å². The molecule has 0 aromatic heterocycles. The number of nitrogens with one attached hydrogen (secondary N) is 1. The second-order valence-electron chi connectivity index (χ2n) is 5.97. The number of benzene rings is 2. The number of rotatable bonds is 5. The summed E-state index contributed by atoms with van der Waals surface area (Å²) in [6, 6.07) is 16.1. The van der Waals surface area contributed by atoms with Gasteiger partial charge in [-0.3, -0.25) is 0 Å². The van der Waals surface area contributed by atoms with E-state index in [9.17, 15) is 4.39 Å². The zero-order chi connectivity index (χ0) is 14.7. The molecule has 1 fully saturated rings. The number of anilines is 1. The van der Waals surface area contributed by atoms with Crippen LogP contribution in [0, 0.1) is 5.82 Å². The van der Waals surface area contributed by atoms with Gasteiger partial charge in [0.1, 0.15) is 5.82 Å². The van der Waals surface area contributed by atoms with Gasteiger partial charge < -0.3 is 5.32 Å². The molecular formula is C19H22FN. The van der Waals surface area contributed by atoms with Crippen molar-refractivity contribution in [2.24, 2.45) is 0 Å². The van der Waals surface area contributed by atoms with E-state index in [0.717, 1.165) is 31.2 Å². The lowest BCUT2D eigenvalue weighted by Gasteiger charge is -2.37. The number of aryl methyl sites for hydroxylation is 1. The third-order valence-corrected chi connectivity index (χ3v) is 4.35. The van der Waals surface area contributed by atoms with Crippen LogP contribution in [0.4, 0.5) is 10.1 Å². The van der Waals surface area contributed by atoms with Gasteiger partial charge in [-0.25, -0.2) is 4.39 Å². The summed E-state index contributed by atoms with van der Waals surface area (Å²) in [6.45, 7) is 2.21. The molecule has 0 heterocycles. The summed E-state index contributed by atoms with van der Waals surface area (Å²) in [5.74, 6) is 0.369. The monoisotopic (exact) mass is 283 g/mol. The number of halogens is 1. The van der Waals surface area contributed by atoms with Crippen LogP contribution in [0.5, 0.6) is 0 Å². The molecule has 1 aliphatic rings. The third kappa shape index (κ3) is 3.26. The van der Waals surface area contributed by atoms with Gasteiger partial charge in [-0.05, 0) is 54.5 Å². The predicted octanol–water partition coefficient (Wildman–Crippen LogP) is 5.14. The minimum Gasteiger partial charge on any atom is -0.382 e. The van der Waals surface area contributed by atoms with Gasteiger partial charge in [0.05, 0.1) is 0 Å². The maximum atomic E-state index is 13.3. The molecule has 1 aliphatic carbocycles. The van der Waals surface area contributed by atoms with E-state index in [4.69, 9.17) is 0 Å². The Morgan fingerprint density at radius 1 is 1.10 bits per heavy atom. The molecule has 2 aromatic rings. The van der Waals surface area contributed by atoms with E-state index in [1.165, 1.54) is 17.3 Å². The second kappa shape index (κ2) is 6.30. The second-order valence-corrected chi connectivity index (χ2v) is 5.97. The Bertz CT molecular complexity index is 602. The van der Waals surface area contributed by atoms with Gasteiger partial charge in [0.25, 0.3) is 0 Å². The molecule has 1 nitrogen and oxygen atoms in total.